The highest BCUT2D eigenvalue weighted by atomic mass is 16.5. The SMILES string of the molecule is Cc1ccc2c(c1)NC(=O)C(CC(=O)Nc1cc(C)on1)O2. The Morgan fingerprint density at radius 1 is 1.36 bits per heavy atom. The van der Waals surface area contributed by atoms with Crippen molar-refractivity contribution >= 4 is 23.3 Å². The molecule has 3 rings (SSSR count). The van der Waals surface area contributed by atoms with E-state index in [2.05, 4.69) is 15.8 Å². The van der Waals surface area contributed by atoms with Crippen LogP contribution in [0, 0.1) is 13.8 Å². The Bertz CT molecular complexity index is 738. The summed E-state index contributed by atoms with van der Waals surface area (Å²) in [6.07, 6.45) is -0.978. The van der Waals surface area contributed by atoms with E-state index < -0.39 is 6.10 Å². The largest absolute Gasteiger partial charge is 0.478 e. The molecule has 1 atom stereocenters. The number of fused-ring (bicyclic) bond motifs is 1. The van der Waals surface area contributed by atoms with Crippen LogP contribution in [0.4, 0.5) is 11.5 Å². The first-order chi connectivity index (χ1) is 10.5. The normalized spacial score (nSPS) is 16.5. The van der Waals surface area contributed by atoms with E-state index in [-0.39, 0.29) is 18.2 Å². The van der Waals surface area contributed by atoms with Crippen molar-refractivity contribution in [2.45, 2.75) is 26.4 Å². The first-order valence-electron chi connectivity index (χ1n) is 6.82. The van der Waals surface area contributed by atoms with Crippen molar-refractivity contribution in [1.82, 2.24) is 5.16 Å². The molecular formula is C15H15N3O4. The van der Waals surface area contributed by atoms with Crippen molar-refractivity contribution < 1.29 is 18.8 Å². The molecule has 0 bridgehead atoms. The van der Waals surface area contributed by atoms with Crippen molar-refractivity contribution in [3.8, 4) is 5.75 Å². The number of rotatable bonds is 3. The van der Waals surface area contributed by atoms with Gasteiger partial charge in [-0.25, -0.2) is 0 Å². The van der Waals surface area contributed by atoms with Crippen molar-refractivity contribution in [3.63, 3.8) is 0 Å². The molecule has 1 aromatic heterocycles. The number of hydrogen-bond donors (Lipinski definition) is 2. The van der Waals surface area contributed by atoms with Gasteiger partial charge in [0.15, 0.2) is 11.9 Å². The summed E-state index contributed by atoms with van der Waals surface area (Å²) in [5.41, 5.74) is 1.63. The standard InChI is InChI=1S/C15H15N3O4/c1-8-3-4-11-10(5-8)16-15(20)12(21-11)7-14(19)17-13-6-9(2)22-18-13/h3-6,12H,7H2,1-2H3,(H,16,20)(H,17,18,19). The van der Waals surface area contributed by atoms with E-state index in [0.717, 1.165) is 5.56 Å². The van der Waals surface area contributed by atoms with Crippen LogP contribution in [0.2, 0.25) is 0 Å². The molecule has 1 aliphatic heterocycles. The van der Waals surface area contributed by atoms with Crippen LogP contribution in [0.3, 0.4) is 0 Å². The molecule has 0 fully saturated rings. The van der Waals surface area contributed by atoms with Gasteiger partial charge in [-0.1, -0.05) is 11.2 Å². The molecule has 1 aromatic carbocycles. The van der Waals surface area contributed by atoms with Crippen molar-refractivity contribution in [2.24, 2.45) is 0 Å². The molecule has 1 aliphatic rings. The number of amides is 2. The zero-order valence-electron chi connectivity index (χ0n) is 12.2. The van der Waals surface area contributed by atoms with Crippen LogP contribution in [0.15, 0.2) is 28.8 Å². The summed E-state index contributed by atoms with van der Waals surface area (Å²) in [4.78, 5) is 24.0. The van der Waals surface area contributed by atoms with Crippen LogP contribution in [0.25, 0.3) is 0 Å². The first kappa shape index (κ1) is 14.1. The van der Waals surface area contributed by atoms with Crippen molar-refractivity contribution in [3.05, 3.63) is 35.6 Å². The Hall–Kier alpha value is -2.83. The van der Waals surface area contributed by atoms with Gasteiger partial charge in [0.05, 0.1) is 12.1 Å². The number of ether oxygens (including phenoxy) is 1. The second-order valence-electron chi connectivity index (χ2n) is 5.17. The second-order valence-corrected chi connectivity index (χ2v) is 5.17. The van der Waals surface area contributed by atoms with Gasteiger partial charge in [-0.15, -0.1) is 0 Å². The lowest BCUT2D eigenvalue weighted by molar-refractivity contribution is -0.128. The van der Waals surface area contributed by atoms with Gasteiger partial charge in [-0.05, 0) is 31.5 Å². The number of carbonyl (C=O) groups excluding carboxylic acids is 2. The Kier molecular flexibility index (Phi) is 3.54. The van der Waals surface area contributed by atoms with Crippen molar-refractivity contribution in [2.75, 3.05) is 10.6 Å². The van der Waals surface area contributed by atoms with E-state index in [9.17, 15) is 9.59 Å². The molecule has 22 heavy (non-hydrogen) atoms. The quantitative estimate of drug-likeness (QED) is 0.904. The van der Waals surface area contributed by atoms with Gasteiger partial charge in [0, 0.05) is 6.07 Å². The lowest BCUT2D eigenvalue weighted by atomic mass is 10.1. The minimum absolute atomic E-state index is 0.106. The van der Waals surface area contributed by atoms with Gasteiger partial charge < -0.3 is 19.9 Å². The molecule has 0 aliphatic carbocycles. The van der Waals surface area contributed by atoms with Crippen LogP contribution >= 0.6 is 0 Å². The van der Waals surface area contributed by atoms with Crippen molar-refractivity contribution in [1.29, 1.82) is 0 Å². The Labute approximate surface area is 126 Å². The smallest absolute Gasteiger partial charge is 0.266 e. The van der Waals surface area contributed by atoms with Gasteiger partial charge in [0.2, 0.25) is 5.91 Å². The van der Waals surface area contributed by atoms with Gasteiger partial charge in [-0.3, -0.25) is 9.59 Å². The maximum Gasteiger partial charge on any atom is 0.266 e. The number of anilines is 2. The second kappa shape index (κ2) is 5.51. The molecule has 7 heteroatoms. The number of nitrogens with one attached hydrogen (secondary N) is 2. The molecule has 2 aromatic rings. The molecule has 7 nitrogen and oxygen atoms in total. The number of aromatic nitrogens is 1. The average molecular weight is 301 g/mol. The van der Waals surface area contributed by atoms with Gasteiger partial charge in [0.1, 0.15) is 11.5 Å². The highest BCUT2D eigenvalue weighted by Crippen LogP contribution is 2.31. The summed E-state index contributed by atoms with van der Waals surface area (Å²) in [5.74, 6) is 0.745. The van der Waals surface area contributed by atoms with Crippen LogP contribution in [-0.4, -0.2) is 23.1 Å². The van der Waals surface area contributed by atoms with Gasteiger partial charge in [-0.2, -0.15) is 0 Å². The third-order valence-corrected chi connectivity index (χ3v) is 3.22. The van der Waals surface area contributed by atoms with Crippen LogP contribution < -0.4 is 15.4 Å². The van der Waals surface area contributed by atoms with E-state index in [1.807, 2.05) is 19.1 Å². The molecular weight excluding hydrogens is 286 g/mol. The average Bonchev–Trinajstić information content (AvgIpc) is 2.85. The Morgan fingerprint density at radius 2 is 2.18 bits per heavy atom. The number of benzene rings is 1. The summed E-state index contributed by atoms with van der Waals surface area (Å²) >= 11 is 0. The fourth-order valence-electron chi connectivity index (χ4n) is 2.19. The number of nitrogens with zero attached hydrogens (tertiary/aromatic N) is 1. The van der Waals surface area contributed by atoms with Crippen LogP contribution in [0.1, 0.15) is 17.7 Å². The predicted octanol–water partition coefficient (Wildman–Crippen LogP) is 2.02. The van der Waals surface area contributed by atoms with E-state index >= 15 is 0 Å². The molecule has 0 saturated carbocycles. The summed E-state index contributed by atoms with van der Waals surface area (Å²) < 4.78 is 10.5. The molecule has 2 amide bonds. The summed E-state index contributed by atoms with van der Waals surface area (Å²) in [7, 11) is 0. The Morgan fingerprint density at radius 3 is 2.91 bits per heavy atom. The zero-order chi connectivity index (χ0) is 15.7. The third-order valence-electron chi connectivity index (χ3n) is 3.22. The van der Waals surface area contributed by atoms with Gasteiger partial charge >= 0.3 is 0 Å². The summed E-state index contributed by atoms with van der Waals surface area (Å²) in [6, 6.07) is 7.07. The fourth-order valence-corrected chi connectivity index (χ4v) is 2.19. The Balaban J connectivity index is 1.66. The molecule has 2 heterocycles. The van der Waals surface area contributed by atoms with E-state index in [4.69, 9.17) is 9.26 Å². The minimum atomic E-state index is -0.872. The zero-order valence-corrected chi connectivity index (χ0v) is 12.2. The van der Waals surface area contributed by atoms with E-state index in [1.165, 1.54) is 0 Å². The maximum atomic E-state index is 12.0. The number of carbonyl (C=O) groups is 2. The molecule has 1 unspecified atom stereocenters. The number of aryl methyl sites for hydroxylation is 2. The lowest BCUT2D eigenvalue weighted by Gasteiger charge is -2.25. The third kappa shape index (κ3) is 2.93. The summed E-state index contributed by atoms with van der Waals surface area (Å²) in [5, 5.41) is 8.97. The fraction of sp³-hybridized carbons (Fsp3) is 0.267. The van der Waals surface area contributed by atoms with E-state index in [1.54, 1.807) is 19.1 Å². The maximum absolute atomic E-state index is 12.0. The molecule has 0 saturated heterocycles. The highest BCUT2D eigenvalue weighted by Gasteiger charge is 2.29. The minimum Gasteiger partial charge on any atom is -0.478 e. The monoisotopic (exact) mass is 301 g/mol. The number of hydrogen-bond acceptors (Lipinski definition) is 5. The molecule has 0 spiro atoms. The lowest BCUT2D eigenvalue weighted by Crippen LogP contribution is -2.39. The van der Waals surface area contributed by atoms with Crippen LogP contribution in [-0.2, 0) is 9.59 Å². The predicted molar refractivity (Wildman–Crippen MR) is 78.7 cm³/mol. The molecule has 2 N–H and O–H groups in total. The topological polar surface area (TPSA) is 93.5 Å². The van der Waals surface area contributed by atoms with E-state index in [0.29, 0.717) is 23.0 Å². The molecule has 114 valence electrons. The summed E-state index contributed by atoms with van der Waals surface area (Å²) in [6.45, 7) is 3.64. The highest BCUT2D eigenvalue weighted by molar-refractivity contribution is 6.01. The molecule has 0 radical (unpaired) electrons. The van der Waals surface area contributed by atoms with Crippen LogP contribution in [0.5, 0.6) is 5.75 Å². The van der Waals surface area contributed by atoms with Gasteiger partial charge in [0.25, 0.3) is 5.91 Å². The first-order valence-corrected chi connectivity index (χ1v) is 6.82.